The molecule has 1 aromatic rings. The Kier molecular flexibility index (Phi) is 5.08. The third-order valence-electron chi connectivity index (χ3n) is 2.47. The average molecular weight is 291 g/mol. The molecule has 0 aliphatic heterocycles. The number of halogens is 2. The van der Waals surface area contributed by atoms with Crippen LogP contribution in [0.4, 0.5) is 15.8 Å². The van der Waals surface area contributed by atoms with Gasteiger partial charge >= 0.3 is 0 Å². The van der Waals surface area contributed by atoms with Crippen molar-refractivity contribution < 1.29 is 14.1 Å². The quantitative estimate of drug-likeness (QED) is 0.642. The lowest BCUT2D eigenvalue weighted by atomic mass is 10.1. The van der Waals surface area contributed by atoms with E-state index in [4.69, 9.17) is 16.3 Å². The molecule has 0 radical (unpaired) electrons. The van der Waals surface area contributed by atoms with Crippen LogP contribution in [0.25, 0.3) is 0 Å². The maximum atomic E-state index is 13.2. The molecule has 7 heteroatoms. The fraction of sp³-hybridized carbons (Fsp3) is 0.500. The number of anilines is 1. The second-order valence-corrected chi connectivity index (χ2v) is 4.99. The van der Waals surface area contributed by atoms with E-state index >= 15 is 0 Å². The molecule has 0 aliphatic rings. The molecule has 0 amide bonds. The van der Waals surface area contributed by atoms with Crippen LogP contribution >= 0.6 is 11.6 Å². The first-order valence-electron chi connectivity index (χ1n) is 5.78. The van der Waals surface area contributed by atoms with Gasteiger partial charge in [-0.15, -0.1) is 0 Å². The number of ether oxygens (including phenoxy) is 1. The lowest BCUT2D eigenvalue weighted by molar-refractivity contribution is -0.384. The fourth-order valence-corrected chi connectivity index (χ4v) is 1.74. The van der Waals surface area contributed by atoms with Crippen LogP contribution in [0.15, 0.2) is 12.1 Å². The molecule has 1 N–H and O–H groups in total. The van der Waals surface area contributed by atoms with Crippen LogP contribution in [0.3, 0.4) is 0 Å². The summed E-state index contributed by atoms with van der Waals surface area (Å²) in [4.78, 5) is 10.2. The number of nitrogens with one attached hydrogen (secondary N) is 1. The molecule has 5 nitrogen and oxygen atoms in total. The Hall–Kier alpha value is -1.40. The molecular formula is C12H16ClFN2O3. The van der Waals surface area contributed by atoms with E-state index in [-0.39, 0.29) is 16.4 Å². The molecule has 1 rings (SSSR count). The minimum absolute atomic E-state index is 0.165. The zero-order valence-corrected chi connectivity index (χ0v) is 11.8. The summed E-state index contributed by atoms with van der Waals surface area (Å²) in [6, 6.07) is 2.01. The van der Waals surface area contributed by atoms with Gasteiger partial charge in [0.15, 0.2) is 0 Å². The van der Waals surface area contributed by atoms with Crippen LogP contribution in [0, 0.1) is 15.9 Å². The number of benzene rings is 1. The molecule has 0 aromatic heterocycles. The summed E-state index contributed by atoms with van der Waals surface area (Å²) in [5.74, 6) is -0.817. The summed E-state index contributed by atoms with van der Waals surface area (Å²) in [5, 5.41) is 13.6. The molecule has 0 spiro atoms. The predicted octanol–water partition coefficient (Wildman–Crippen LogP) is 3.61. The Morgan fingerprint density at radius 1 is 1.53 bits per heavy atom. The Morgan fingerprint density at radius 2 is 2.16 bits per heavy atom. The van der Waals surface area contributed by atoms with Crippen LogP contribution in [-0.2, 0) is 4.74 Å². The topological polar surface area (TPSA) is 64.4 Å². The Balaban J connectivity index is 2.94. The monoisotopic (exact) mass is 290 g/mol. The van der Waals surface area contributed by atoms with Crippen molar-refractivity contribution >= 4 is 23.0 Å². The normalized spacial score (nSPS) is 11.4. The molecule has 0 fully saturated rings. The van der Waals surface area contributed by atoms with Crippen molar-refractivity contribution in [2.75, 3.05) is 18.5 Å². The van der Waals surface area contributed by atoms with Crippen molar-refractivity contribution in [1.29, 1.82) is 0 Å². The number of nitro groups is 1. The first-order chi connectivity index (χ1) is 8.76. The molecule has 106 valence electrons. The highest BCUT2D eigenvalue weighted by Crippen LogP contribution is 2.30. The molecule has 0 aliphatic carbocycles. The van der Waals surface area contributed by atoms with Gasteiger partial charge in [-0.2, -0.15) is 0 Å². The number of rotatable bonds is 6. The number of hydrogen-bond acceptors (Lipinski definition) is 4. The Labute approximate surface area is 115 Å². The maximum Gasteiger partial charge on any atom is 0.295 e. The maximum absolute atomic E-state index is 13.2. The van der Waals surface area contributed by atoms with Gasteiger partial charge in [0.2, 0.25) is 0 Å². The highest BCUT2D eigenvalue weighted by molar-refractivity contribution is 6.31. The summed E-state index contributed by atoms with van der Waals surface area (Å²) in [5.41, 5.74) is -0.679. The molecule has 0 saturated carbocycles. The zero-order valence-electron chi connectivity index (χ0n) is 11.0. The minimum Gasteiger partial charge on any atom is -0.377 e. The number of nitrogens with zero attached hydrogens (tertiary/aromatic N) is 1. The van der Waals surface area contributed by atoms with Crippen molar-refractivity contribution in [3.05, 3.63) is 33.1 Å². The van der Waals surface area contributed by atoms with Crippen molar-refractivity contribution in [3.8, 4) is 0 Å². The third-order valence-corrected chi connectivity index (χ3v) is 2.76. The Bertz CT molecular complexity index is 480. The van der Waals surface area contributed by atoms with Crippen molar-refractivity contribution in [2.24, 2.45) is 0 Å². The van der Waals surface area contributed by atoms with E-state index in [1.54, 1.807) is 0 Å². The van der Waals surface area contributed by atoms with Crippen molar-refractivity contribution in [3.63, 3.8) is 0 Å². The second-order valence-electron chi connectivity index (χ2n) is 4.59. The second kappa shape index (κ2) is 6.16. The molecule has 0 saturated heterocycles. The first-order valence-corrected chi connectivity index (χ1v) is 6.16. The van der Waals surface area contributed by atoms with E-state index in [0.29, 0.717) is 13.2 Å². The molecular weight excluding hydrogens is 275 g/mol. The van der Waals surface area contributed by atoms with Gasteiger partial charge in [0.05, 0.1) is 21.6 Å². The zero-order chi connectivity index (χ0) is 14.6. The van der Waals surface area contributed by atoms with E-state index < -0.39 is 16.3 Å². The van der Waals surface area contributed by atoms with E-state index in [9.17, 15) is 14.5 Å². The molecule has 19 heavy (non-hydrogen) atoms. The van der Waals surface area contributed by atoms with Gasteiger partial charge in [-0.25, -0.2) is 4.39 Å². The first kappa shape index (κ1) is 15.7. The predicted molar refractivity (Wildman–Crippen MR) is 72.3 cm³/mol. The van der Waals surface area contributed by atoms with Gasteiger partial charge in [0.25, 0.3) is 5.69 Å². The SMILES string of the molecule is CCOC(C)(C)CNc1cc(Cl)c(F)cc1[N+](=O)[O-]. The van der Waals surface area contributed by atoms with Crippen LogP contribution in [0.1, 0.15) is 20.8 Å². The molecule has 1 aromatic carbocycles. The summed E-state index contributed by atoms with van der Waals surface area (Å²) < 4.78 is 18.7. The van der Waals surface area contributed by atoms with Gasteiger partial charge in [0, 0.05) is 13.2 Å². The highest BCUT2D eigenvalue weighted by Gasteiger charge is 2.22. The van der Waals surface area contributed by atoms with Gasteiger partial charge in [-0.3, -0.25) is 10.1 Å². The fourth-order valence-electron chi connectivity index (χ4n) is 1.58. The van der Waals surface area contributed by atoms with Crippen LogP contribution in [0.5, 0.6) is 0 Å². The molecule has 0 bridgehead atoms. The van der Waals surface area contributed by atoms with E-state index in [0.717, 1.165) is 6.07 Å². The van der Waals surface area contributed by atoms with Crippen molar-refractivity contribution in [2.45, 2.75) is 26.4 Å². The number of nitro benzene ring substituents is 1. The molecule has 0 unspecified atom stereocenters. The van der Waals surface area contributed by atoms with Crippen LogP contribution in [-0.4, -0.2) is 23.7 Å². The highest BCUT2D eigenvalue weighted by atomic mass is 35.5. The minimum atomic E-state index is -0.817. The average Bonchev–Trinajstić information content (AvgIpc) is 2.30. The summed E-state index contributed by atoms with van der Waals surface area (Å²) in [6.45, 7) is 6.42. The standard InChI is InChI=1S/C12H16ClFN2O3/c1-4-19-12(2,3)7-15-10-5-8(13)9(14)6-11(10)16(17)18/h5-6,15H,4,7H2,1-3H3. The number of hydrogen-bond donors (Lipinski definition) is 1. The van der Waals surface area contributed by atoms with Gasteiger partial charge in [-0.1, -0.05) is 11.6 Å². The summed E-state index contributed by atoms with van der Waals surface area (Å²) in [6.07, 6.45) is 0. The van der Waals surface area contributed by atoms with E-state index in [1.165, 1.54) is 6.07 Å². The lowest BCUT2D eigenvalue weighted by Gasteiger charge is -2.25. The lowest BCUT2D eigenvalue weighted by Crippen LogP contribution is -2.33. The van der Waals surface area contributed by atoms with Gasteiger partial charge in [-0.05, 0) is 26.8 Å². The van der Waals surface area contributed by atoms with Crippen molar-refractivity contribution in [1.82, 2.24) is 0 Å². The Morgan fingerprint density at radius 3 is 2.68 bits per heavy atom. The van der Waals surface area contributed by atoms with Crippen LogP contribution in [0.2, 0.25) is 5.02 Å². The van der Waals surface area contributed by atoms with E-state index in [2.05, 4.69) is 5.32 Å². The van der Waals surface area contributed by atoms with Gasteiger partial charge in [0.1, 0.15) is 11.5 Å². The summed E-state index contributed by atoms with van der Waals surface area (Å²) >= 11 is 5.63. The third kappa shape index (κ3) is 4.33. The smallest absolute Gasteiger partial charge is 0.295 e. The molecule has 0 atom stereocenters. The molecule has 0 heterocycles. The van der Waals surface area contributed by atoms with E-state index in [1.807, 2.05) is 20.8 Å². The van der Waals surface area contributed by atoms with Crippen LogP contribution < -0.4 is 5.32 Å². The summed E-state index contributed by atoms with van der Waals surface area (Å²) in [7, 11) is 0. The largest absolute Gasteiger partial charge is 0.377 e. The van der Waals surface area contributed by atoms with Gasteiger partial charge < -0.3 is 10.1 Å².